The van der Waals surface area contributed by atoms with Crippen molar-refractivity contribution < 1.29 is 0 Å². The Morgan fingerprint density at radius 3 is 1.11 bits per heavy atom. The number of hydrogen-bond donors (Lipinski definition) is 0. The number of rotatable bonds is 12. The first kappa shape index (κ1) is 28.9. The van der Waals surface area contributed by atoms with Crippen LogP contribution in [0.2, 0.25) is 33.2 Å². The standard InChI is InChI=1S/C24H52S2Si2/c1-15-16-24(26-28(20(8)9,21(10)11)22(12)13)23(14)25-27(17(2)3,18(4)5)19(6)7/h17-22H,15-16H2,1-14H3/b24-23-. The molecule has 0 radical (unpaired) electrons. The van der Waals surface area contributed by atoms with Gasteiger partial charge in [0.2, 0.25) is 0 Å². The minimum atomic E-state index is -1.49. The molecule has 0 atom stereocenters. The summed E-state index contributed by atoms with van der Waals surface area (Å²) in [5.74, 6) is 0. The summed E-state index contributed by atoms with van der Waals surface area (Å²) < 4.78 is 0. The maximum atomic E-state index is 2.50. The Kier molecular flexibility index (Phi) is 12.4. The predicted octanol–water partition coefficient (Wildman–Crippen LogP) is 10.8. The summed E-state index contributed by atoms with van der Waals surface area (Å²) >= 11 is 4.75. The van der Waals surface area contributed by atoms with Crippen molar-refractivity contribution in [3.63, 3.8) is 0 Å². The Morgan fingerprint density at radius 2 is 0.857 bits per heavy atom. The molecule has 0 bridgehead atoms. The molecule has 0 N–H and O–H groups in total. The van der Waals surface area contributed by atoms with Gasteiger partial charge in [-0.25, -0.2) is 0 Å². The normalized spacial score (nSPS) is 15.0. The average molecular weight is 461 g/mol. The van der Waals surface area contributed by atoms with Crippen molar-refractivity contribution in [3.05, 3.63) is 9.81 Å². The summed E-state index contributed by atoms with van der Waals surface area (Å²) in [7, 11) is -2.97. The SMILES string of the molecule is CCC/C(S[Si](C(C)C)(C(C)C)C(C)C)=C(\C)S[Si](C(C)C)(C(C)C)C(C)C. The van der Waals surface area contributed by atoms with Crippen LogP contribution in [0.5, 0.6) is 0 Å². The molecule has 0 fully saturated rings. The Balaban J connectivity index is 6.33. The Labute approximate surface area is 189 Å². The first-order valence-electron chi connectivity index (χ1n) is 11.8. The van der Waals surface area contributed by atoms with E-state index in [1.165, 1.54) is 12.8 Å². The van der Waals surface area contributed by atoms with Gasteiger partial charge in [-0.05, 0) is 56.4 Å². The highest BCUT2D eigenvalue weighted by Crippen LogP contribution is 2.57. The summed E-state index contributed by atoms with van der Waals surface area (Å²) in [6, 6.07) is 0. The third kappa shape index (κ3) is 6.20. The summed E-state index contributed by atoms with van der Waals surface area (Å²) in [4.78, 5) is 3.42. The molecule has 28 heavy (non-hydrogen) atoms. The molecule has 0 unspecified atom stereocenters. The van der Waals surface area contributed by atoms with Gasteiger partial charge in [-0.3, -0.25) is 0 Å². The molecule has 0 saturated heterocycles. The first-order valence-corrected chi connectivity index (χ1v) is 19.3. The highest BCUT2D eigenvalue weighted by molar-refractivity contribution is 8.34. The van der Waals surface area contributed by atoms with Crippen molar-refractivity contribution in [1.82, 2.24) is 0 Å². The van der Waals surface area contributed by atoms with Crippen LogP contribution >= 0.6 is 22.4 Å². The van der Waals surface area contributed by atoms with Crippen LogP contribution in [0.25, 0.3) is 0 Å². The summed E-state index contributed by atoms with van der Waals surface area (Å²) in [6.07, 6.45) is 2.53. The molecule has 0 aromatic heterocycles. The van der Waals surface area contributed by atoms with Crippen LogP contribution in [-0.4, -0.2) is 14.4 Å². The van der Waals surface area contributed by atoms with E-state index in [-0.39, 0.29) is 0 Å². The lowest BCUT2D eigenvalue weighted by Gasteiger charge is -2.45. The molecular weight excluding hydrogens is 409 g/mol. The first-order chi connectivity index (χ1) is 12.7. The minimum absolute atomic E-state index is 0.808. The lowest BCUT2D eigenvalue weighted by atomic mass is 10.3. The van der Waals surface area contributed by atoms with E-state index in [0.29, 0.717) is 0 Å². The molecule has 0 nitrogen and oxygen atoms in total. The van der Waals surface area contributed by atoms with Crippen LogP contribution in [0.1, 0.15) is 110 Å². The molecule has 4 heteroatoms. The summed E-state index contributed by atoms with van der Waals surface area (Å²) in [6.45, 7) is 34.8. The summed E-state index contributed by atoms with van der Waals surface area (Å²) in [5, 5.41) is 0. The predicted molar refractivity (Wildman–Crippen MR) is 145 cm³/mol. The third-order valence-electron chi connectivity index (χ3n) is 6.91. The van der Waals surface area contributed by atoms with Crippen LogP contribution in [-0.2, 0) is 0 Å². The van der Waals surface area contributed by atoms with Gasteiger partial charge in [0.05, 0.1) is 0 Å². The second kappa shape index (κ2) is 12.0. The zero-order valence-electron chi connectivity index (χ0n) is 21.7. The van der Waals surface area contributed by atoms with Crippen molar-refractivity contribution >= 4 is 36.9 Å². The van der Waals surface area contributed by atoms with E-state index in [1.54, 1.807) is 9.81 Å². The monoisotopic (exact) mass is 460 g/mol. The second-order valence-corrected chi connectivity index (χ2v) is 27.9. The van der Waals surface area contributed by atoms with E-state index in [9.17, 15) is 0 Å². The van der Waals surface area contributed by atoms with Gasteiger partial charge in [-0.15, -0.1) is 0 Å². The third-order valence-corrected chi connectivity index (χ3v) is 32.2. The lowest BCUT2D eigenvalue weighted by Crippen LogP contribution is -2.42. The van der Waals surface area contributed by atoms with Crippen molar-refractivity contribution in [1.29, 1.82) is 0 Å². The average Bonchev–Trinajstić information content (AvgIpc) is 2.53. The van der Waals surface area contributed by atoms with Gasteiger partial charge in [-0.1, -0.05) is 96.4 Å². The molecule has 168 valence electrons. The number of allylic oxidation sites excluding steroid dienone is 2. The maximum Gasteiger partial charge on any atom is 0.130 e. The molecule has 0 saturated carbocycles. The molecule has 0 aromatic carbocycles. The zero-order valence-corrected chi connectivity index (χ0v) is 25.3. The van der Waals surface area contributed by atoms with Gasteiger partial charge in [0.15, 0.2) is 0 Å². The zero-order chi connectivity index (χ0) is 22.4. The van der Waals surface area contributed by atoms with Crippen LogP contribution < -0.4 is 0 Å². The molecule has 0 spiro atoms. The van der Waals surface area contributed by atoms with Crippen LogP contribution in [0.15, 0.2) is 9.81 Å². The largest absolute Gasteiger partial charge is 0.154 e. The molecule has 0 heterocycles. The molecule has 0 rings (SSSR count). The smallest absolute Gasteiger partial charge is 0.130 e. The van der Waals surface area contributed by atoms with E-state index in [4.69, 9.17) is 0 Å². The van der Waals surface area contributed by atoms with Crippen LogP contribution in [0, 0.1) is 0 Å². The Morgan fingerprint density at radius 1 is 0.571 bits per heavy atom. The van der Waals surface area contributed by atoms with Gasteiger partial charge >= 0.3 is 0 Å². The molecular formula is C24H52S2Si2. The highest BCUT2D eigenvalue weighted by Gasteiger charge is 2.46. The van der Waals surface area contributed by atoms with Crippen molar-refractivity contribution in [2.75, 3.05) is 0 Å². The lowest BCUT2D eigenvalue weighted by molar-refractivity contribution is 0.850. The van der Waals surface area contributed by atoms with Gasteiger partial charge < -0.3 is 0 Å². The summed E-state index contributed by atoms with van der Waals surface area (Å²) in [5.41, 5.74) is 4.85. The van der Waals surface area contributed by atoms with E-state index >= 15 is 0 Å². The quantitative estimate of drug-likeness (QED) is 0.265. The van der Waals surface area contributed by atoms with Crippen molar-refractivity contribution in [3.8, 4) is 0 Å². The van der Waals surface area contributed by atoms with E-state index < -0.39 is 14.4 Å². The molecule has 0 aliphatic carbocycles. The highest BCUT2D eigenvalue weighted by atomic mass is 32.4. The molecule has 0 amide bonds. The van der Waals surface area contributed by atoms with Crippen molar-refractivity contribution in [2.24, 2.45) is 0 Å². The van der Waals surface area contributed by atoms with Gasteiger partial charge in [0, 0.05) is 0 Å². The van der Waals surface area contributed by atoms with Gasteiger partial charge in [0.1, 0.15) is 14.4 Å². The molecule has 0 aliphatic heterocycles. The van der Waals surface area contributed by atoms with E-state index in [2.05, 4.69) is 119 Å². The fourth-order valence-electron chi connectivity index (χ4n) is 5.77. The number of hydrogen-bond acceptors (Lipinski definition) is 2. The molecule has 0 aliphatic rings. The topological polar surface area (TPSA) is 0 Å². The van der Waals surface area contributed by atoms with Gasteiger partial charge in [0.25, 0.3) is 0 Å². The maximum absolute atomic E-state index is 2.50. The Hall–Kier alpha value is 0.874. The van der Waals surface area contributed by atoms with Gasteiger partial charge in [-0.2, -0.15) is 22.4 Å². The van der Waals surface area contributed by atoms with Crippen LogP contribution in [0.3, 0.4) is 0 Å². The van der Waals surface area contributed by atoms with Crippen LogP contribution in [0.4, 0.5) is 0 Å². The minimum Gasteiger partial charge on any atom is -0.154 e. The Bertz CT molecular complexity index is 447. The molecule has 0 aromatic rings. The second-order valence-electron chi connectivity index (χ2n) is 10.6. The van der Waals surface area contributed by atoms with E-state index in [0.717, 1.165) is 33.2 Å². The fourth-order valence-corrected chi connectivity index (χ4v) is 25.7. The van der Waals surface area contributed by atoms with Crippen molar-refractivity contribution in [2.45, 2.75) is 143 Å². The fraction of sp³-hybridized carbons (Fsp3) is 0.917. The van der Waals surface area contributed by atoms with E-state index in [1.807, 2.05) is 0 Å².